The standard InChI is InChI=1S/C10H12NO2/c12-10-4-2-1-3-9(10)11-5-7-13-8-6-11/h1-3,12H,5-8H2. The van der Waals surface area contributed by atoms with Gasteiger partial charge in [0.1, 0.15) is 5.75 Å². The summed E-state index contributed by atoms with van der Waals surface area (Å²) in [6.07, 6.45) is 0. The summed E-state index contributed by atoms with van der Waals surface area (Å²) in [5.74, 6) is 0.226. The third kappa shape index (κ3) is 1.75. The Labute approximate surface area is 77.6 Å². The molecule has 1 aromatic rings. The van der Waals surface area contributed by atoms with Crippen molar-refractivity contribution in [1.82, 2.24) is 0 Å². The van der Waals surface area contributed by atoms with E-state index in [2.05, 4.69) is 11.0 Å². The van der Waals surface area contributed by atoms with Gasteiger partial charge < -0.3 is 14.7 Å². The Morgan fingerprint density at radius 2 is 2.15 bits per heavy atom. The number of phenolic OH excluding ortho intramolecular Hbond substituents is 1. The van der Waals surface area contributed by atoms with E-state index in [1.165, 1.54) is 0 Å². The fraction of sp³-hybridized carbons (Fsp3) is 0.400. The highest BCUT2D eigenvalue weighted by Crippen LogP contribution is 2.26. The third-order valence-electron chi connectivity index (χ3n) is 2.16. The van der Waals surface area contributed by atoms with Gasteiger partial charge in [-0.2, -0.15) is 0 Å². The van der Waals surface area contributed by atoms with E-state index in [1.54, 1.807) is 6.07 Å². The maximum Gasteiger partial charge on any atom is 0.146 e. The van der Waals surface area contributed by atoms with Gasteiger partial charge in [-0.15, -0.1) is 0 Å². The van der Waals surface area contributed by atoms with Crippen molar-refractivity contribution in [3.63, 3.8) is 0 Å². The minimum absolute atomic E-state index is 0.226. The molecule has 1 aliphatic heterocycles. The van der Waals surface area contributed by atoms with Crippen LogP contribution in [0.3, 0.4) is 0 Å². The maximum atomic E-state index is 9.52. The molecule has 69 valence electrons. The molecular formula is C10H12NO2. The number of morpholine rings is 1. The number of hydrogen-bond donors (Lipinski definition) is 1. The van der Waals surface area contributed by atoms with E-state index >= 15 is 0 Å². The molecule has 0 unspecified atom stereocenters. The molecular weight excluding hydrogens is 166 g/mol. The summed E-state index contributed by atoms with van der Waals surface area (Å²) >= 11 is 0. The molecule has 0 amide bonds. The number of nitrogens with zero attached hydrogens (tertiary/aromatic N) is 1. The van der Waals surface area contributed by atoms with Crippen molar-refractivity contribution in [3.05, 3.63) is 24.3 Å². The Kier molecular flexibility index (Phi) is 2.36. The molecule has 1 saturated heterocycles. The number of anilines is 1. The molecule has 1 heterocycles. The highest BCUT2D eigenvalue weighted by atomic mass is 16.5. The lowest BCUT2D eigenvalue weighted by atomic mass is 10.2. The van der Waals surface area contributed by atoms with Crippen LogP contribution in [-0.4, -0.2) is 31.4 Å². The van der Waals surface area contributed by atoms with Crippen molar-refractivity contribution in [3.8, 4) is 5.75 Å². The van der Waals surface area contributed by atoms with Crippen molar-refractivity contribution in [2.24, 2.45) is 0 Å². The first-order valence-electron chi connectivity index (χ1n) is 4.40. The Morgan fingerprint density at radius 1 is 1.38 bits per heavy atom. The van der Waals surface area contributed by atoms with Crippen LogP contribution in [-0.2, 0) is 4.74 Å². The summed E-state index contributed by atoms with van der Waals surface area (Å²) in [6, 6.07) is 8.26. The van der Waals surface area contributed by atoms with Crippen LogP contribution < -0.4 is 4.90 Å². The Bertz CT molecular complexity index is 282. The van der Waals surface area contributed by atoms with Crippen LogP contribution >= 0.6 is 0 Å². The molecule has 1 fully saturated rings. The summed E-state index contributed by atoms with van der Waals surface area (Å²) < 4.78 is 5.23. The van der Waals surface area contributed by atoms with Crippen molar-refractivity contribution < 1.29 is 9.84 Å². The van der Waals surface area contributed by atoms with Gasteiger partial charge in [-0.3, -0.25) is 0 Å². The van der Waals surface area contributed by atoms with Gasteiger partial charge in [-0.1, -0.05) is 12.1 Å². The number of para-hydroxylation sites is 1. The van der Waals surface area contributed by atoms with Crippen molar-refractivity contribution >= 4 is 5.69 Å². The highest BCUT2D eigenvalue weighted by molar-refractivity contribution is 5.57. The van der Waals surface area contributed by atoms with Crippen molar-refractivity contribution in [1.29, 1.82) is 0 Å². The molecule has 13 heavy (non-hydrogen) atoms. The lowest BCUT2D eigenvalue weighted by Gasteiger charge is -2.29. The number of aromatic hydroxyl groups is 1. The average molecular weight is 178 g/mol. The highest BCUT2D eigenvalue weighted by Gasteiger charge is 2.13. The predicted molar refractivity (Wildman–Crippen MR) is 50.0 cm³/mol. The first kappa shape index (κ1) is 8.38. The molecule has 0 aromatic heterocycles. The number of ether oxygens (including phenoxy) is 1. The van der Waals surface area contributed by atoms with E-state index in [4.69, 9.17) is 4.74 Å². The van der Waals surface area contributed by atoms with Gasteiger partial charge in [0, 0.05) is 19.2 Å². The first-order chi connectivity index (χ1) is 6.38. The third-order valence-corrected chi connectivity index (χ3v) is 2.16. The molecule has 0 bridgehead atoms. The van der Waals surface area contributed by atoms with Gasteiger partial charge in [0.15, 0.2) is 0 Å². The molecule has 1 aliphatic rings. The Balaban J connectivity index is 2.18. The Morgan fingerprint density at radius 3 is 2.85 bits per heavy atom. The van der Waals surface area contributed by atoms with Crippen LogP contribution in [0.5, 0.6) is 5.75 Å². The number of phenols is 1. The zero-order valence-corrected chi connectivity index (χ0v) is 7.36. The van der Waals surface area contributed by atoms with E-state index < -0.39 is 0 Å². The van der Waals surface area contributed by atoms with Crippen LogP contribution in [0, 0.1) is 6.07 Å². The molecule has 0 spiro atoms. The molecule has 0 atom stereocenters. The van der Waals surface area contributed by atoms with Gasteiger partial charge in [0.2, 0.25) is 0 Å². The summed E-state index contributed by atoms with van der Waals surface area (Å²) in [5.41, 5.74) is 0.853. The zero-order valence-electron chi connectivity index (χ0n) is 7.36. The number of hydrogen-bond acceptors (Lipinski definition) is 3. The second-order valence-electron chi connectivity index (χ2n) is 3.00. The van der Waals surface area contributed by atoms with E-state index in [1.807, 2.05) is 12.1 Å². The SMILES string of the molecule is Oc1[c]cccc1N1CCOCC1. The molecule has 1 N–H and O–H groups in total. The minimum Gasteiger partial charge on any atom is -0.505 e. The van der Waals surface area contributed by atoms with E-state index in [0.717, 1.165) is 32.0 Å². The zero-order chi connectivity index (χ0) is 9.10. The van der Waals surface area contributed by atoms with Gasteiger partial charge in [-0.05, 0) is 6.07 Å². The molecule has 1 aromatic carbocycles. The van der Waals surface area contributed by atoms with Gasteiger partial charge >= 0.3 is 0 Å². The predicted octanol–water partition coefficient (Wildman–Crippen LogP) is 1.03. The van der Waals surface area contributed by atoms with Crippen molar-refractivity contribution in [2.75, 3.05) is 31.2 Å². The number of benzene rings is 1. The molecule has 1 radical (unpaired) electrons. The summed E-state index contributed by atoms with van der Waals surface area (Å²) in [4.78, 5) is 2.11. The Hall–Kier alpha value is -1.22. The summed E-state index contributed by atoms with van der Waals surface area (Å²) in [5, 5.41) is 9.52. The first-order valence-corrected chi connectivity index (χ1v) is 4.40. The average Bonchev–Trinajstić information content (AvgIpc) is 2.20. The molecule has 0 saturated carbocycles. The summed E-state index contributed by atoms with van der Waals surface area (Å²) in [6.45, 7) is 3.14. The molecule has 3 nitrogen and oxygen atoms in total. The smallest absolute Gasteiger partial charge is 0.146 e. The van der Waals surface area contributed by atoms with E-state index in [-0.39, 0.29) is 5.75 Å². The van der Waals surface area contributed by atoms with Crippen LogP contribution in [0.15, 0.2) is 18.2 Å². The van der Waals surface area contributed by atoms with E-state index in [9.17, 15) is 5.11 Å². The van der Waals surface area contributed by atoms with Crippen LogP contribution in [0.25, 0.3) is 0 Å². The van der Waals surface area contributed by atoms with Gasteiger partial charge in [0.25, 0.3) is 0 Å². The largest absolute Gasteiger partial charge is 0.505 e. The van der Waals surface area contributed by atoms with E-state index in [0.29, 0.717) is 0 Å². The molecule has 2 rings (SSSR count). The summed E-state index contributed by atoms with van der Waals surface area (Å²) in [7, 11) is 0. The van der Waals surface area contributed by atoms with Crippen LogP contribution in [0.4, 0.5) is 5.69 Å². The fourth-order valence-electron chi connectivity index (χ4n) is 1.48. The molecule has 0 aliphatic carbocycles. The van der Waals surface area contributed by atoms with Crippen molar-refractivity contribution in [2.45, 2.75) is 0 Å². The topological polar surface area (TPSA) is 32.7 Å². The normalized spacial score (nSPS) is 17.4. The van der Waals surface area contributed by atoms with Crippen LogP contribution in [0.1, 0.15) is 0 Å². The lowest BCUT2D eigenvalue weighted by molar-refractivity contribution is 0.122. The minimum atomic E-state index is 0.226. The lowest BCUT2D eigenvalue weighted by Crippen LogP contribution is -2.36. The second kappa shape index (κ2) is 3.66. The monoisotopic (exact) mass is 178 g/mol. The van der Waals surface area contributed by atoms with Crippen LogP contribution in [0.2, 0.25) is 0 Å². The fourth-order valence-corrected chi connectivity index (χ4v) is 1.48. The number of rotatable bonds is 1. The second-order valence-corrected chi connectivity index (χ2v) is 3.00. The van der Waals surface area contributed by atoms with Gasteiger partial charge in [-0.25, -0.2) is 0 Å². The van der Waals surface area contributed by atoms with Gasteiger partial charge in [0.05, 0.1) is 18.9 Å². The molecule has 3 heteroatoms. The quantitative estimate of drug-likeness (QED) is 0.697. The maximum absolute atomic E-state index is 9.52.